The van der Waals surface area contributed by atoms with Crippen LogP contribution in [0.4, 0.5) is 5.69 Å². The maximum Gasteiger partial charge on any atom is 0.161 e. The molecule has 0 saturated carbocycles. The molecule has 26 heavy (non-hydrogen) atoms. The Morgan fingerprint density at radius 1 is 1.08 bits per heavy atom. The molecule has 4 heteroatoms. The number of nitrogens with one attached hydrogen (secondary N) is 1. The highest BCUT2D eigenvalue weighted by Crippen LogP contribution is 2.47. The standard InChI is InChI=1S/C22H19N3O/c1-13-8-9-14-15(24-13)10-11-18-20(14)22(16-5-2-3-12-23-16)21-17(25-18)6-4-7-19(21)26/h2-3,5,8-12,22,25H,4,6-7H2,1H3. The third-order valence-electron chi connectivity index (χ3n) is 5.35. The number of hydrogen-bond acceptors (Lipinski definition) is 4. The summed E-state index contributed by atoms with van der Waals surface area (Å²) in [6, 6.07) is 14.2. The fraction of sp³-hybridized carbons (Fsp3) is 0.227. The minimum absolute atomic E-state index is 0.136. The lowest BCUT2D eigenvalue weighted by molar-refractivity contribution is -0.116. The molecule has 3 heterocycles. The van der Waals surface area contributed by atoms with Gasteiger partial charge in [0.25, 0.3) is 0 Å². The summed E-state index contributed by atoms with van der Waals surface area (Å²) in [6.07, 6.45) is 4.23. The number of nitrogens with zero attached hydrogens (tertiary/aromatic N) is 2. The number of benzene rings is 1. The van der Waals surface area contributed by atoms with Crippen molar-refractivity contribution in [3.63, 3.8) is 0 Å². The first kappa shape index (κ1) is 15.3. The van der Waals surface area contributed by atoms with E-state index in [-0.39, 0.29) is 11.7 Å². The molecule has 0 radical (unpaired) electrons. The van der Waals surface area contributed by atoms with Gasteiger partial charge in [0.2, 0.25) is 0 Å². The summed E-state index contributed by atoms with van der Waals surface area (Å²) in [4.78, 5) is 22.2. The molecule has 1 unspecified atom stereocenters. The van der Waals surface area contributed by atoms with Gasteiger partial charge in [0.1, 0.15) is 0 Å². The van der Waals surface area contributed by atoms with Crippen molar-refractivity contribution >= 4 is 22.4 Å². The van der Waals surface area contributed by atoms with Crippen LogP contribution in [0.5, 0.6) is 0 Å². The molecule has 5 rings (SSSR count). The van der Waals surface area contributed by atoms with E-state index in [1.165, 1.54) is 0 Å². The maximum absolute atomic E-state index is 12.9. The second kappa shape index (κ2) is 5.77. The normalized spacial score (nSPS) is 19.1. The SMILES string of the molecule is Cc1ccc2c3c(ccc2n1)NC1=C(C(=O)CCC1)C3c1ccccn1. The largest absolute Gasteiger partial charge is 0.358 e. The third-order valence-corrected chi connectivity index (χ3v) is 5.35. The highest BCUT2D eigenvalue weighted by Gasteiger charge is 2.36. The molecule has 1 aromatic carbocycles. The Morgan fingerprint density at radius 2 is 2.00 bits per heavy atom. The van der Waals surface area contributed by atoms with Crippen LogP contribution in [0.3, 0.4) is 0 Å². The van der Waals surface area contributed by atoms with Crippen LogP contribution in [-0.4, -0.2) is 15.8 Å². The second-order valence-electron chi connectivity index (χ2n) is 7.03. The number of fused-ring (bicyclic) bond motifs is 3. The van der Waals surface area contributed by atoms with Gasteiger partial charge in [0, 0.05) is 40.7 Å². The molecule has 1 atom stereocenters. The van der Waals surface area contributed by atoms with Gasteiger partial charge in [-0.15, -0.1) is 0 Å². The summed E-state index contributed by atoms with van der Waals surface area (Å²) < 4.78 is 0. The van der Waals surface area contributed by atoms with E-state index >= 15 is 0 Å². The fourth-order valence-corrected chi connectivity index (χ4v) is 4.23. The monoisotopic (exact) mass is 341 g/mol. The Balaban J connectivity index is 1.84. The first-order valence-electron chi connectivity index (χ1n) is 9.07. The molecule has 0 spiro atoms. The Kier molecular flexibility index (Phi) is 3.38. The number of ketones is 1. The van der Waals surface area contributed by atoms with E-state index in [0.29, 0.717) is 6.42 Å². The average molecular weight is 341 g/mol. The van der Waals surface area contributed by atoms with Crippen LogP contribution in [0, 0.1) is 6.92 Å². The first-order chi connectivity index (χ1) is 12.7. The summed E-state index contributed by atoms with van der Waals surface area (Å²) in [7, 11) is 0. The molecule has 0 amide bonds. The van der Waals surface area contributed by atoms with Gasteiger partial charge in [0.05, 0.1) is 17.1 Å². The molecule has 2 aliphatic rings. The smallest absolute Gasteiger partial charge is 0.161 e. The summed E-state index contributed by atoms with van der Waals surface area (Å²) in [5, 5.41) is 4.62. The number of aromatic nitrogens is 2. The molecule has 2 aromatic heterocycles. The Labute approximate surface area is 152 Å². The van der Waals surface area contributed by atoms with Gasteiger partial charge in [-0.25, -0.2) is 0 Å². The first-order valence-corrected chi connectivity index (χ1v) is 9.07. The lowest BCUT2D eigenvalue weighted by atomic mass is 9.76. The van der Waals surface area contributed by atoms with Crippen LogP contribution in [0.25, 0.3) is 10.9 Å². The van der Waals surface area contributed by atoms with Crippen LogP contribution in [0.1, 0.15) is 42.1 Å². The highest BCUT2D eigenvalue weighted by atomic mass is 16.1. The summed E-state index contributed by atoms with van der Waals surface area (Å²) in [6.45, 7) is 2.00. The summed E-state index contributed by atoms with van der Waals surface area (Å²) in [5.41, 5.74) is 6.99. The Bertz CT molecular complexity index is 1070. The topological polar surface area (TPSA) is 54.9 Å². The Morgan fingerprint density at radius 3 is 2.85 bits per heavy atom. The summed E-state index contributed by atoms with van der Waals surface area (Å²) >= 11 is 0. The molecule has 0 bridgehead atoms. The highest BCUT2D eigenvalue weighted by molar-refractivity contribution is 6.03. The van der Waals surface area contributed by atoms with Crippen LogP contribution in [0.2, 0.25) is 0 Å². The van der Waals surface area contributed by atoms with Crippen LogP contribution in [-0.2, 0) is 4.79 Å². The molecule has 3 aromatic rings. The molecule has 0 saturated heterocycles. The van der Waals surface area contributed by atoms with Crippen molar-refractivity contribution in [2.45, 2.75) is 32.1 Å². The predicted molar refractivity (Wildman–Crippen MR) is 102 cm³/mol. The van der Waals surface area contributed by atoms with Gasteiger partial charge in [-0.3, -0.25) is 14.8 Å². The lowest BCUT2D eigenvalue weighted by Gasteiger charge is -2.34. The van der Waals surface area contributed by atoms with E-state index in [9.17, 15) is 4.79 Å². The molecule has 1 aliphatic carbocycles. The number of hydrogen-bond donors (Lipinski definition) is 1. The average Bonchev–Trinajstić information content (AvgIpc) is 2.67. The summed E-state index contributed by atoms with van der Waals surface area (Å²) in [5.74, 6) is 0.0978. The number of allylic oxidation sites excluding steroid dienone is 2. The number of carbonyl (C=O) groups is 1. The van der Waals surface area contributed by atoms with E-state index in [2.05, 4.69) is 33.5 Å². The van der Waals surface area contributed by atoms with E-state index in [4.69, 9.17) is 0 Å². The van der Waals surface area contributed by atoms with Crippen LogP contribution < -0.4 is 5.32 Å². The number of rotatable bonds is 1. The molecule has 0 fully saturated rings. The van der Waals surface area contributed by atoms with Gasteiger partial charge >= 0.3 is 0 Å². The molecule has 1 aliphatic heterocycles. The zero-order chi connectivity index (χ0) is 17.7. The Hall–Kier alpha value is -3.01. The zero-order valence-corrected chi connectivity index (χ0v) is 14.6. The minimum atomic E-state index is -0.136. The van der Waals surface area contributed by atoms with Crippen molar-refractivity contribution in [1.82, 2.24) is 9.97 Å². The molecular weight excluding hydrogens is 322 g/mol. The fourth-order valence-electron chi connectivity index (χ4n) is 4.23. The molecular formula is C22H19N3O. The van der Waals surface area contributed by atoms with E-state index in [0.717, 1.165) is 57.7 Å². The van der Waals surface area contributed by atoms with Crippen molar-refractivity contribution < 1.29 is 4.79 Å². The number of anilines is 1. The maximum atomic E-state index is 12.9. The number of aryl methyl sites for hydroxylation is 1. The van der Waals surface area contributed by atoms with Gasteiger partial charge in [-0.2, -0.15) is 0 Å². The quantitative estimate of drug-likeness (QED) is 0.708. The number of carbonyl (C=O) groups excluding carboxylic acids is 1. The van der Waals surface area contributed by atoms with E-state index in [1.807, 2.05) is 31.2 Å². The molecule has 4 nitrogen and oxygen atoms in total. The van der Waals surface area contributed by atoms with E-state index < -0.39 is 0 Å². The lowest BCUT2D eigenvalue weighted by Crippen LogP contribution is -2.27. The van der Waals surface area contributed by atoms with Crippen molar-refractivity contribution in [1.29, 1.82) is 0 Å². The minimum Gasteiger partial charge on any atom is -0.358 e. The van der Waals surface area contributed by atoms with Crippen LogP contribution in [0.15, 0.2) is 59.9 Å². The van der Waals surface area contributed by atoms with E-state index in [1.54, 1.807) is 6.20 Å². The van der Waals surface area contributed by atoms with Gasteiger partial charge < -0.3 is 5.32 Å². The van der Waals surface area contributed by atoms with Gasteiger partial charge in [0.15, 0.2) is 5.78 Å². The third kappa shape index (κ3) is 2.25. The second-order valence-corrected chi connectivity index (χ2v) is 7.03. The van der Waals surface area contributed by atoms with Gasteiger partial charge in [-0.1, -0.05) is 12.1 Å². The predicted octanol–water partition coefficient (Wildman–Crippen LogP) is 4.50. The zero-order valence-electron chi connectivity index (χ0n) is 14.6. The number of Topliss-reactive ketones (excluding diaryl/α,β-unsaturated/α-hetero) is 1. The van der Waals surface area contributed by atoms with Crippen LogP contribution >= 0.6 is 0 Å². The molecule has 128 valence electrons. The van der Waals surface area contributed by atoms with Crippen molar-refractivity contribution in [3.8, 4) is 0 Å². The van der Waals surface area contributed by atoms with Crippen molar-refractivity contribution in [2.75, 3.05) is 5.32 Å². The van der Waals surface area contributed by atoms with Crippen molar-refractivity contribution in [2.24, 2.45) is 0 Å². The molecule has 1 N–H and O–H groups in total. The number of pyridine rings is 2. The van der Waals surface area contributed by atoms with Gasteiger partial charge in [-0.05, 0) is 55.7 Å². The van der Waals surface area contributed by atoms with Crippen molar-refractivity contribution in [3.05, 3.63) is 76.9 Å².